The summed E-state index contributed by atoms with van der Waals surface area (Å²) in [6, 6.07) is 15.2. The van der Waals surface area contributed by atoms with E-state index in [0.717, 1.165) is 57.4 Å². The van der Waals surface area contributed by atoms with Gasteiger partial charge in [-0.2, -0.15) is 0 Å². The molecule has 2 aliphatic heterocycles. The van der Waals surface area contributed by atoms with Crippen molar-refractivity contribution in [2.75, 3.05) is 32.8 Å². The molecule has 2 aliphatic rings. The van der Waals surface area contributed by atoms with Crippen LogP contribution in [0.4, 0.5) is 4.39 Å². The van der Waals surface area contributed by atoms with Crippen molar-refractivity contribution in [2.24, 2.45) is 0 Å². The van der Waals surface area contributed by atoms with Gasteiger partial charge >= 0.3 is 0 Å². The zero-order valence-corrected chi connectivity index (χ0v) is 17.6. The van der Waals surface area contributed by atoms with Crippen LogP contribution in [0.1, 0.15) is 36.0 Å². The van der Waals surface area contributed by atoms with Crippen LogP contribution < -0.4 is 0 Å². The van der Waals surface area contributed by atoms with Gasteiger partial charge in [0, 0.05) is 45.4 Å². The molecule has 1 amide bonds. The Kier molecular flexibility index (Phi) is 7.13. The molecule has 2 aromatic carbocycles. The highest BCUT2D eigenvalue weighted by Crippen LogP contribution is 2.20. The number of rotatable bonds is 7. The van der Waals surface area contributed by atoms with E-state index in [1.165, 1.54) is 23.3 Å². The highest BCUT2D eigenvalue weighted by atomic mass is 19.1. The number of carbonyl (C=O) groups excluding carboxylic acids is 1. The summed E-state index contributed by atoms with van der Waals surface area (Å²) in [4.78, 5) is 17.7. The Labute approximate surface area is 178 Å². The SMILES string of the molecule is O=C(Cc1ccc(F)cc1)N(CCCN1CCc2ccccc2C1)C1CCOCC1. The number of halogens is 1. The van der Waals surface area contributed by atoms with E-state index >= 15 is 0 Å². The van der Waals surface area contributed by atoms with E-state index in [1.54, 1.807) is 12.1 Å². The Morgan fingerprint density at radius 3 is 2.57 bits per heavy atom. The van der Waals surface area contributed by atoms with Crippen molar-refractivity contribution in [3.63, 3.8) is 0 Å². The zero-order valence-electron chi connectivity index (χ0n) is 17.6. The van der Waals surface area contributed by atoms with Crippen molar-refractivity contribution in [3.05, 3.63) is 71.0 Å². The smallest absolute Gasteiger partial charge is 0.227 e. The first-order chi connectivity index (χ1) is 14.7. The van der Waals surface area contributed by atoms with Gasteiger partial charge in [0.1, 0.15) is 5.82 Å². The summed E-state index contributed by atoms with van der Waals surface area (Å²) in [6.07, 6.45) is 4.19. The van der Waals surface area contributed by atoms with Gasteiger partial charge in [-0.3, -0.25) is 9.69 Å². The quantitative estimate of drug-likeness (QED) is 0.696. The van der Waals surface area contributed by atoms with E-state index in [4.69, 9.17) is 4.74 Å². The molecule has 1 saturated heterocycles. The van der Waals surface area contributed by atoms with Gasteiger partial charge in [0.2, 0.25) is 5.91 Å². The lowest BCUT2D eigenvalue weighted by Gasteiger charge is -2.35. The molecule has 160 valence electrons. The average molecular weight is 411 g/mol. The molecule has 5 heteroatoms. The number of ether oxygens (including phenoxy) is 1. The van der Waals surface area contributed by atoms with Gasteiger partial charge < -0.3 is 9.64 Å². The Hall–Kier alpha value is -2.24. The molecule has 0 N–H and O–H groups in total. The van der Waals surface area contributed by atoms with Gasteiger partial charge in [-0.1, -0.05) is 36.4 Å². The molecule has 0 bridgehead atoms. The normalized spacial score (nSPS) is 17.5. The fourth-order valence-corrected chi connectivity index (χ4v) is 4.60. The van der Waals surface area contributed by atoms with Crippen LogP contribution in [-0.2, 0) is 28.9 Å². The second-order valence-electron chi connectivity index (χ2n) is 8.38. The van der Waals surface area contributed by atoms with Crippen LogP contribution >= 0.6 is 0 Å². The second kappa shape index (κ2) is 10.2. The highest BCUT2D eigenvalue weighted by molar-refractivity contribution is 5.79. The van der Waals surface area contributed by atoms with Crippen LogP contribution in [0.15, 0.2) is 48.5 Å². The Morgan fingerprint density at radius 1 is 1.07 bits per heavy atom. The van der Waals surface area contributed by atoms with E-state index in [2.05, 4.69) is 34.1 Å². The lowest BCUT2D eigenvalue weighted by atomic mass is 10.00. The summed E-state index contributed by atoms with van der Waals surface area (Å²) in [5, 5.41) is 0. The maximum Gasteiger partial charge on any atom is 0.227 e. The van der Waals surface area contributed by atoms with Crippen molar-refractivity contribution in [1.82, 2.24) is 9.80 Å². The fraction of sp³-hybridized carbons (Fsp3) is 0.480. The largest absolute Gasteiger partial charge is 0.381 e. The van der Waals surface area contributed by atoms with Crippen molar-refractivity contribution >= 4 is 5.91 Å². The molecule has 0 saturated carbocycles. The molecule has 0 spiro atoms. The van der Waals surface area contributed by atoms with Gasteiger partial charge in [0.25, 0.3) is 0 Å². The van der Waals surface area contributed by atoms with Crippen LogP contribution in [0.5, 0.6) is 0 Å². The molecule has 1 fully saturated rings. The monoisotopic (exact) mass is 410 g/mol. The minimum atomic E-state index is -0.268. The molecule has 4 nitrogen and oxygen atoms in total. The van der Waals surface area contributed by atoms with E-state index in [9.17, 15) is 9.18 Å². The number of hydrogen-bond acceptors (Lipinski definition) is 3. The first kappa shape index (κ1) is 21.0. The molecule has 0 aliphatic carbocycles. The Bertz CT molecular complexity index is 833. The number of fused-ring (bicyclic) bond motifs is 1. The number of nitrogens with zero attached hydrogens (tertiary/aromatic N) is 2. The van der Waals surface area contributed by atoms with Gasteiger partial charge in [-0.25, -0.2) is 4.39 Å². The van der Waals surface area contributed by atoms with Crippen LogP contribution in [0.2, 0.25) is 0 Å². The van der Waals surface area contributed by atoms with Crippen molar-refractivity contribution in [3.8, 4) is 0 Å². The van der Waals surface area contributed by atoms with Crippen LogP contribution in [0.3, 0.4) is 0 Å². The molecular weight excluding hydrogens is 379 g/mol. The number of amides is 1. The fourth-order valence-electron chi connectivity index (χ4n) is 4.60. The summed E-state index contributed by atoms with van der Waals surface area (Å²) in [5.41, 5.74) is 3.76. The lowest BCUT2D eigenvalue weighted by Crippen LogP contribution is -2.45. The molecule has 2 heterocycles. The Morgan fingerprint density at radius 2 is 1.80 bits per heavy atom. The Balaban J connectivity index is 1.34. The average Bonchev–Trinajstić information content (AvgIpc) is 2.78. The summed E-state index contributed by atoms with van der Waals surface area (Å²) < 4.78 is 18.7. The minimum Gasteiger partial charge on any atom is -0.381 e. The van der Waals surface area contributed by atoms with E-state index in [-0.39, 0.29) is 17.8 Å². The van der Waals surface area contributed by atoms with Gasteiger partial charge in [0.05, 0.1) is 6.42 Å². The number of hydrogen-bond donors (Lipinski definition) is 0. The van der Waals surface area contributed by atoms with Gasteiger partial charge in [-0.15, -0.1) is 0 Å². The maximum absolute atomic E-state index is 13.2. The van der Waals surface area contributed by atoms with Crippen LogP contribution in [0.25, 0.3) is 0 Å². The molecule has 2 aromatic rings. The lowest BCUT2D eigenvalue weighted by molar-refractivity contribution is -0.134. The predicted molar refractivity (Wildman–Crippen MR) is 116 cm³/mol. The summed E-state index contributed by atoms with van der Waals surface area (Å²) in [5.74, 6) is -0.131. The molecule has 0 atom stereocenters. The van der Waals surface area contributed by atoms with E-state index < -0.39 is 0 Å². The topological polar surface area (TPSA) is 32.8 Å². The molecule has 0 aromatic heterocycles. The van der Waals surface area contributed by atoms with Crippen molar-refractivity contribution in [2.45, 2.75) is 44.7 Å². The third kappa shape index (κ3) is 5.46. The van der Waals surface area contributed by atoms with E-state index in [1.807, 2.05) is 0 Å². The third-order valence-corrected chi connectivity index (χ3v) is 6.30. The third-order valence-electron chi connectivity index (χ3n) is 6.30. The van der Waals surface area contributed by atoms with Gasteiger partial charge in [0.15, 0.2) is 0 Å². The number of carbonyl (C=O) groups is 1. The van der Waals surface area contributed by atoms with Crippen LogP contribution in [-0.4, -0.2) is 54.6 Å². The van der Waals surface area contributed by atoms with Gasteiger partial charge in [-0.05, 0) is 54.5 Å². The summed E-state index contributed by atoms with van der Waals surface area (Å²) in [7, 11) is 0. The minimum absolute atomic E-state index is 0.137. The second-order valence-corrected chi connectivity index (χ2v) is 8.38. The zero-order chi connectivity index (χ0) is 20.8. The van der Waals surface area contributed by atoms with Crippen molar-refractivity contribution < 1.29 is 13.9 Å². The number of benzene rings is 2. The molecule has 0 unspecified atom stereocenters. The molecular formula is C25H31FN2O2. The van der Waals surface area contributed by atoms with Crippen molar-refractivity contribution in [1.29, 1.82) is 0 Å². The maximum atomic E-state index is 13.2. The molecule has 0 radical (unpaired) electrons. The summed E-state index contributed by atoms with van der Waals surface area (Å²) >= 11 is 0. The standard InChI is InChI=1S/C25H31FN2O2/c26-23-8-6-20(7-9-23)18-25(29)28(24-11-16-30-17-12-24)14-3-13-27-15-10-21-4-1-2-5-22(21)19-27/h1-2,4-9,24H,3,10-19H2. The predicted octanol–water partition coefficient (Wildman–Crippen LogP) is 3.82. The van der Waals surface area contributed by atoms with E-state index in [0.29, 0.717) is 19.6 Å². The highest BCUT2D eigenvalue weighted by Gasteiger charge is 2.26. The first-order valence-electron chi connectivity index (χ1n) is 11.1. The molecule has 4 rings (SSSR count). The van der Waals surface area contributed by atoms with Crippen LogP contribution in [0, 0.1) is 5.82 Å². The first-order valence-corrected chi connectivity index (χ1v) is 11.1. The summed E-state index contributed by atoms with van der Waals surface area (Å²) in [6.45, 7) is 5.28. The molecule has 30 heavy (non-hydrogen) atoms.